The first kappa shape index (κ1) is 14.3. The number of benzene rings is 1. The number of nitrogens with zero attached hydrogens (tertiary/aromatic N) is 2. The molecule has 0 aliphatic heterocycles. The van der Waals surface area contributed by atoms with Crippen LogP contribution in [0, 0.1) is 0 Å². The molecule has 1 aromatic carbocycles. The fourth-order valence-corrected chi connectivity index (χ4v) is 2.99. The van der Waals surface area contributed by atoms with Gasteiger partial charge >= 0.3 is 0 Å². The lowest BCUT2D eigenvalue weighted by atomic mass is 10.2. The number of anilines is 1. The predicted molar refractivity (Wildman–Crippen MR) is 86.1 cm³/mol. The fraction of sp³-hybridized carbons (Fsp3) is 0.133. The second-order valence-electron chi connectivity index (χ2n) is 4.70. The van der Waals surface area contributed by atoms with Gasteiger partial charge in [-0.15, -0.1) is 11.3 Å². The number of amides is 2. The number of likely N-dealkylation sites (N-methyl/N-ethyl adjacent to an activating group) is 1. The third-order valence-corrected chi connectivity index (χ3v) is 4.24. The van der Waals surface area contributed by atoms with Gasteiger partial charge in [0.2, 0.25) is 5.91 Å². The Morgan fingerprint density at radius 2 is 2.14 bits per heavy atom. The standard InChI is InChI=1S/C15H14N4O2S/c1-16-14(20)9-19-8-11(7-17-19)18-15(21)13-6-10-4-2-3-5-12(10)22-13/h2-8H,9H2,1H3,(H,16,20)(H,18,21). The van der Waals surface area contributed by atoms with Crippen LogP contribution in [-0.2, 0) is 11.3 Å². The van der Waals surface area contributed by atoms with E-state index >= 15 is 0 Å². The molecule has 0 bridgehead atoms. The van der Waals surface area contributed by atoms with Gasteiger partial charge in [0.25, 0.3) is 5.91 Å². The third kappa shape index (κ3) is 2.99. The van der Waals surface area contributed by atoms with Crippen LogP contribution in [0.5, 0.6) is 0 Å². The van der Waals surface area contributed by atoms with Crippen LogP contribution in [-0.4, -0.2) is 28.6 Å². The van der Waals surface area contributed by atoms with Crippen molar-refractivity contribution in [2.45, 2.75) is 6.54 Å². The summed E-state index contributed by atoms with van der Waals surface area (Å²) in [5, 5.41) is 10.4. The average molecular weight is 314 g/mol. The molecule has 0 atom stereocenters. The number of hydrogen-bond acceptors (Lipinski definition) is 4. The number of hydrogen-bond donors (Lipinski definition) is 2. The molecule has 112 valence electrons. The molecular formula is C15H14N4O2S. The van der Waals surface area contributed by atoms with Gasteiger partial charge in [0.15, 0.2) is 0 Å². The summed E-state index contributed by atoms with van der Waals surface area (Å²) >= 11 is 1.44. The topological polar surface area (TPSA) is 76.0 Å². The number of aromatic nitrogens is 2. The Labute approximate surface area is 130 Å². The van der Waals surface area contributed by atoms with Gasteiger partial charge in [0, 0.05) is 17.9 Å². The van der Waals surface area contributed by atoms with Gasteiger partial charge < -0.3 is 10.6 Å². The van der Waals surface area contributed by atoms with Crippen molar-refractivity contribution in [1.82, 2.24) is 15.1 Å². The van der Waals surface area contributed by atoms with Gasteiger partial charge in [-0.1, -0.05) is 18.2 Å². The quantitative estimate of drug-likeness (QED) is 0.774. The Bertz CT molecular complexity index is 804. The van der Waals surface area contributed by atoms with E-state index in [1.165, 1.54) is 22.2 Å². The molecule has 0 spiro atoms. The Kier molecular flexibility index (Phi) is 3.88. The molecule has 0 saturated carbocycles. The van der Waals surface area contributed by atoms with Crippen LogP contribution in [0.15, 0.2) is 42.7 Å². The van der Waals surface area contributed by atoms with Crippen LogP contribution >= 0.6 is 11.3 Å². The van der Waals surface area contributed by atoms with Crippen molar-refractivity contribution in [1.29, 1.82) is 0 Å². The summed E-state index contributed by atoms with van der Waals surface area (Å²) in [5.74, 6) is -0.328. The van der Waals surface area contributed by atoms with E-state index in [2.05, 4.69) is 15.7 Å². The summed E-state index contributed by atoms with van der Waals surface area (Å²) in [5.41, 5.74) is 0.561. The maximum Gasteiger partial charge on any atom is 0.265 e. The van der Waals surface area contributed by atoms with Gasteiger partial charge in [0.05, 0.1) is 16.8 Å². The molecule has 3 rings (SSSR count). The summed E-state index contributed by atoms with van der Waals surface area (Å²) < 4.78 is 2.54. The zero-order chi connectivity index (χ0) is 15.5. The first-order valence-electron chi connectivity index (χ1n) is 6.68. The van der Waals surface area contributed by atoms with Crippen LogP contribution < -0.4 is 10.6 Å². The largest absolute Gasteiger partial charge is 0.358 e. The van der Waals surface area contributed by atoms with E-state index in [9.17, 15) is 9.59 Å². The van der Waals surface area contributed by atoms with Gasteiger partial charge in [-0.25, -0.2) is 0 Å². The maximum absolute atomic E-state index is 12.3. The van der Waals surface area contributed by atoms with E-state index in [-0.39, 0.29) is 18.4 Å². The Balaban J connectivity index is 1.72. The van der Waals surface area contributed by atoms with E-state index in [1.807, 2.05) is 30.3 Å². The highest BCUT2D eigenvalue weighted by atomic mass is 32.1. The molecule has 0 unspecified atom stereocenters. The summed E-state index contributed by atoms with van der Waals surface area (Å²) in [4.78, 5) is 24.2. The van der Waals surface area contributed by atoms with Crippen LogP contribution in [0.3, 0.4) is 0 Å². The van der Waals surface area contributed by atoms with E-state index in [1.54, 1.807) is 13.2 Å². The first-order valence-corrected chi connectivity index (χ1v) is 7.50. The highest BCUT2D eigenvalue weighted by molar-refractivity contribution is 7.20. The highest BCUT2D eigenvalue weighted by Gasteiger charge is 2.11. The molecule has 2 heterocycles. The minimum absolute atomic E-state index is 0.120. The predicted octanol–water partition coefficient (Wildman–Crippen LogP) is 2.10. The molecule has 2 aromatic heterocycles. The summed E-state index contributed by atoms with van der Waals surface area (Å²) in [6.45, 7) is 0.120. The van der Waals surface area contributed by atoms with E-state index in [0.717, 1.165) is 10.1 Å². The van der Waals surface area contributed by atoms with Crippen molar-refractivity contribution in [2.24, 2.45) is 0 Å². The van der Waals surface area contributed by atoms with E-state index in [4.69, 9.17) is 0 Å². The van der Waals surface area contributed by atoms with Crippen LogP contribution in [0.4, 0.5) is 5.69 Å². The molecule has 0 fully saturated rings. The second kappa shape index (κ2) is 5.98. The van der Waals surface area contributed by atoms with Crippen molar-refractivity contribution in [3.8, 4) is 0 Å². The molecule has 0 saturated heterocycles. The number of rotatable bonds is 4. The highest BCUT2D eigenvalue weighted by Crippen LogP contribution is 2.25. The second-order valence-corrected chi connectivity index (χ2v) is 5.79. The van der Waals surface area contributed by atoms with Crippen molar-refractivity contribution < 1.29 is 9.59 Å². The van der Waals surface area contributed by atoms with Gasteiger partial charge in [-0.3, -0.25) is 14.3 Å². The lowest BCUT2D eigenvalue weighted by molar-refractivity contribution is -0.121. The Morgan fingerprint density at radius 1 is 1.32 bits per heavy atom. The first-order chi connectivity index (χ1) is 10.7. The molecular weight excluding hydrogens is 300 g/mol. The van der Waals surface area contributed by atoms with Crippen LogP contribution in [0.2, 0.25) is 0 Å². The van der Waals surface area contributed by atoms with Crippen molar-refractivity contribution in [3.05, 3.63) is 47.6 Å². The lowest BCUT2D eigenvalue weighted by Gasteiger charge is -2.00. The van der Waals surface area contributed by atoms with Gasteiger partial charge in [0.1, 0.15) is 6.54 Å². The number of carbonyl (C=O) groups excluding carboxylic acids is 2. The molecule has 6 nitrogen and oxygen atoms in total. The Hall–Kier alpha value is -2.67. The maximum atomic E-state index is 12.3. The fourth-order valence-electron chi connectivity index (χ4n) is 2.03. The number of fused-ring (bicyclic) bond motifs is 1. The van der Waals surface area contributed by atoms with E-state index < -0.39 is 0 Å². The van der Waals surface area contributed by atoms with Crippen LogP contribution in [0.1, 0.15) is 9.67 Å². The molecule has 2 amide bonds. The SMILES string of the molecule is CNC(=O)Cn1cc(NC(=O)c2cc3ccccc3s2)cn1. The molecule has 0 radical (unpaired) electrons. The lowest BCUT2D eigenvalue weighted by Crippen LogP contribution is -2.23. The summed E-state index contributed by atoms with van der Waals surface area (Å²) in [7, 11) is 1.57. The average Bonchev–Trinajstić information content (AvgIpc) is 3.13. The molecule has 7 heteroatoms. The van der Waals surface area contributed by atoms with E-state index in [0.29, 0.717) is 10.6 Å². The zero-order valence-corrected chi connectivity index (χ0v) is 12.7. The number of carbonyl (C=O) groups is 2. The normalized spacial score (nSPS) is 10.6. The zero-order valence-electron chi connectivity index (χ0n) is 11.9. The third-order valence-electron chi connectivity index (χ3n) is 3.12. The molecule has 0 aliphatic rings. The van der Waals surface area contributed by atoms with Crippen molar-refractivity contribution in [2.75, 3.05) is 12.4 Å². The minimum atomic E-state index is -0.180. The van der Waals surface area contributed by atoms with Crippen LogP contribution in [0.25, 0.3) is 10.1 Å². The number of nitrogens with one attached hydrogen (secondary N) is 2. The van der Waals surface area contributed by atoms with Gasteiger partial charge in [-0.2, -0.15) is 5.10 Å². The van der Waals surface area contributed by atoms with Crippen molar-refractivity contribution >= 4 is 38.9 Å². The number of thiophene rings is 1. The molecule has 22 heavy (non-hydrogen) atoms. The summed E-state index contributed by atoms with van der Waals surface area (Å²) in [6.07, 6.45) is 3.15. The molecule has 0 aliphatic carbocycles. The molecule has 2 N–H and O–H groups in total. The minimum Gasteiger partial charge on any atom is -0.358 e. The smallest absolute Gasteiger partial charge is 0.265 e. The Morgan fingerprint density at radius 3 is 2.91 bits per heavy atom. The molecule has 3 aromatic rings. The van der Waals surface area contributed by atoms with Crippen molar-refractivity contribution in [3.63, 3.8) is 0 Å². The monoisotopic (exact) mass is 314 g/mol. The summed E-state index contributed by atoms with van der Waals surface area (Å²) in [6, 6.07) is 9.72. The van der Waals surface area contributed by atoms with Gasteiger partial charge in [-0.05, 0) is 17.5 Å².